The van der Waals surface area contributed by atoms with Crippen LogP contribution in [0.5, 0.6) is 0 Å². The van der Waals surface area contributed by atoms with Crippen LogP contribution in [0.2, 0.25) is 0 Å². The minimum absolute atomic E-state index is 0.0701. The summed E-state index contributed by atoms with van der Waals surface area (Å²) >= 11 is 0. The Balaban J connectivity index is 2.00. The quantitative estimate of drug-likeness (QED) is 0.874. The van der Waals surface area contributed by atoms with Crippen LogP contribution < -0.4 is 5.32 Å². The molecule has 1 amide bonds. The van der Waals surface area contributed by atoms with E-state index in [1.165, 1.54) is 0 Å². The Hall–Kier alpha value is -2.14. The van der Waals surface area contributed by atoms with Gasteiger partial charge in [-0.3, -0.25) is 4.79 Å². The first kappa shape index (κ1) is 18.2. The van der Waals surface area contributed by atoms with Gasteiger partial charge in [0.2, 0.25) is 5.91 Å². The molecule has 2 aromatic rings. The third kappa shape index (κ3) is 4.45. The second-order valence-electron chi connectivity index (χ2n) is 6.11. The number of carbonyl (C=O) groups is 1. The number of nitrogens with one attached hydrogen (secondary N) is 1. The number of benzene rings is 2. The van der Waals surface area contributed by atoms with Crippen LogP contribution in [-0.2, 0) is 21.1 Å². The lowest BCUT2D eigenvalue weighted by Gasteiger charge is -2.14. The molecule has 0 spiro atoms. The molecule has 1 N–H and O–H groups in total. The highest BCUT2D eigenvalue weighted by Crippen LogP contribution is 2.17. The molecule has 1 atom stereocenters. The van der Waals surface area contributed by atoms with Gasteiger partial charge in [0.15, 0.2) is 9.84 Å². The number of amides is 1. The van der Waals surface area contributed by atoms with E-state index in [2.05, 4.69) is 5.32 Å². The molecule has 0 bridgehead atoms. The van der Waals surface area contributed by atoms with Crippen LogP contribution in [-0.4, -0.2) is 19.6 Å². The van der Waals surface area contributed by atoms with E-state index < -0.39 is 15.1 Å². The maximum absolute atomic E-state index is 12.2. The highest BCUT2D eigenvalue weighted by Gasteiger charge is 2.19. The van der Waals surface area contributed by atoms with Crippen molar-refractivity contribution in [3.8, 4) is 0 Å². The van der Waals surface area contributed by atoms with Gasteiger partial charge in [-0.15, -0.1) is 0 Å². The summed E-state index contributed by atoms with van der Waals surface area (Å²) in [5.41, 5.74) is 1.83. The van der Waals surface area contributed by atoms with Crippen molar-refractivity contribution < 1.29 is 13.2 Å². The zero-order valence-corrected chi connectivity index (χ0v) is 15.0. The fourth-order valence-corrected chi connectivity index (χ4v) is 3.43. The van der Waals surface area contributed by atoms with Gasteiger partial charge >= 0.3 is 0 Å². The summed E-state index contributed by atoms with van der Waals surface area (Å²) in [6, 6.07) is 16.2. The molecule has 0 aliphatic heterocycles. The SMILES string of the molecule is CC(NC(=O)Cc1ccc(S(=O)(=O)C(C)C)cc1)c1ccccc1. The standard InChI is InChI=1S/C19H23NO3S/c1-14(2)24(22,23)18-11-9-16(10-12-18)13-19(21)20-15(3)17-7-5-4-6-8-17/h4-12,14-15H,13H2,1-3H3,(H,20,21). The Labute approximate surface area is 143 Å². The highest BCUT2D eigenvalue weighted by atomic mass is 32.2. The van der Waals surface area contributed by atoms with Crippen molar-refractivity contribution in [2.45, 2.75) is 43.4 Å². The van der Waals surface area contributed by atoms with Crippen molar-refractivity contribution in [2.24, 2.45) is 0 Å². The molecule has 4 nitrogen and oxygen atoms in total. The normalized spacial score (nSPS) is 12.8. The summed E-state index contributed by atoms with van der Waals surface area (Å²) in [4.78, 5) is 12.4. The van der Waals surface area contributed by atoms with Gasteiger partial charge in [0.1, 0.15) is 0 Å². The van der Waals surface area contributed by atoms with Crippen LogP contribution >= 0.6 is 0 Å². The van der Waals surface area contributed by atoms with Crippen molar-refractivity contribution in [1.82, 2.24) is 5.32 Å². The highest BCUT2D eigenvalue weighted by molar-refractivity contribution is 7.92. The van der Waals surface area contributed by atoms with Gasteiger partial charge in [0.25, 0.3) is 0 Å². The molecule has 0 saturated heterocycles. The van der Waals surface area contributed by atoms with Crippen LogP contribution in [0.1, 0.15) is 37.9 Å². The predicted molar refractivity (Wildman–Crippen MR) is 95.5 cm³/mol. The van der Waals surface area contributed by atoms with E-state index in [1.807, 2.05) is 37.3 Å². The minimum Gasteiger partial charge on any atom is -0.349 e. The Morgan fingerprint density at radius 1 is 0.958 bits per heavy atom. The number of hydrogen-bond acceptors (Lipinski definition) is 3. The monoisotopic (exact) mass is 345 g/mol. The molecule has 0 heterocycles. The van der Waals surface area contributed by atoms with Crippen LogP contribution in [0.3, 0.4) is 0 Å². The zero-order chi connectivity index (χ0) is 17.7. The largest absolute Gasteiger partial charge is 0.349 e. The Morgan fingerprint density at radius 2 is 1.54 bits per heavy atom. The number of hydrogen-bond donors (Lipinski definition) is 1. The summed E-state index contributed by atoms with van der Waals surface area (Å²) < 4.78 is 24.2. The van der Waals surface area contributed by atoms with Crippen molar-refractivity contribution in [3.05, 3.63) is 65.7 Å². The van der Waals surface area contributed by atoms with E-state index in [9.17, 15) is 13.2 Å². The first-order valence-electron chi connectivity index (χ1n) is 7.98. The predicted octanol–water partition coefficient (Wildman–Crippen LogP) is 3.29. The maximum Gasteiger partial charge on any atom is 0.224 e. The molecule has 128 valence electrons. The topological polar surface area (TPSA) is 63.2 Å². The van der Waals surface area contributed by atoms with E-state index in [0.717, 1.165) is 11.1 Å². The molecule has 24 heavy (non-hydrogen) atoms. The van der Waals surface area contributed by atoms with Crippen molar-refractivity contribution in [1.29, 1.82) is 0 Å². The van der Waals surface area contributed by atoms with Gasteiger partial charge < -0.3 is 5.32 Å². The Morgan fingerprint density at radius 3 is 2.08 bits per heavy atom. The molecular weight excluding hydrogens is 322 g/mol. The molecule has 1 unspecified atom stereocenters. The van der Waals surface area contributed by atoms with Gasteiger partial charge in [0.05, 0.1) is 22.6 Å². The molecule has 0 saturated carbocycles. The summed E-state index contributed by atoms with van der Waals surface area (Å²) in [7, 11) is -3.28. The van der Waals surface area contributed by atoms with Crippen molar-refractivity contribution >= 4 is 15.7 Å². The third-order valence-electron chi connectivity index (χ3n) is 3.91. The van der Waals surface area contributed by atoms with E-state index in [-0.39, 0.29) is 18.4 Å². The first-order valence-corrected chi connectivity index (χ1v) is 9.52. The van der Waals surface area contributed by atoms with E-state index >= 15 is 0 Å². The fourth-order valence-electron chi connectivity index (χ4n) is 2.37. The molecule has 0 fully saturated rings. The van der Waals surface area contributed by atoms with Gasteiger partial charge in [-0.25, -0.2) is 8.42 Å². The average molecular weight is 345 g/mol. The molecule has 0 aromatic heterocycles. The van der Waals surface area contributed by atoms with Crippen LogP contribution in [0.15, 0.2) is 59.5 Å². The fraction of sp³-hybridized carbons (Fsp3) is 0.316. The minimum atomic E-state index is -3.28. The first-order chi connectivity index (χ1) is 11.3. The van der Waals surface area contributed by atoms with Crippen LogP contribution in [0.4, 0.5) is 0 Å². The van der Waals surface area contributed by atoms with Crippen LogP contribution in [0.25, 0.3) is 0 Å². The second kappa shape index (κ2) is 7.62. The molecule has 0 radical (unpaired) electrons. The molecule has 5 heteroatoms. The van der Waals surface area contributed by atoms with Gasteiger partial charge in [0, 0.05) is 0 Å². The van der Waals surface area contributed by atoms with Gasteiger partial charge in [-0.05, 0) is 44.0 Å². The lowest BCUT2D eigenvalue weighted by Crippen LogP contribution is -2.28. The third-order valence-corrected chi connectivity index (χ3v) is 6.08. The van der Waals surface area contributed by atoms with E-state index in [4.69, 9.17) is 0 Å². The molecule has 0 aliphatic rings. The van der Waals surface area contributed by atoms with Crippen LogP contribution in [0, 0.1) is 0 Å². The Kier molecular flexibility index (Phi) is 5.78. The summed E-state index contributed by atoms with van der Waals surface area (Å²) in [5, 5.41) is 2.49. The number of rotatable bonds is 6. The lowest BCUT2D eigenvalue weighted by molar-refractivity contribution is -0.121. The summed E-state index contributed by atoms with van der Waals surface area (Å²) in [5.74, 6) is -0.0918. The second-order valence-corrected chi connectivity index (χ2v) is 8.62. The average Bonchev–Trinajstić information content (AvgIpc) is 2.56. The van der Waals surface area contributed by atoms with Crippen molar-refractivity contribution in [3.63, 3.8) is 0 Å². The summed E-state index contributed by atoms with van der Waals surface area (Å²) in [6.45, 7) is 5.24. The smallest absolute Gasteiger partial charge is 0.224 e. The van der Waals surface area contributed by atoms with Crippen molar-refractivity contribution in [2.75, 3.05) is 0 Å². The maximum atomic E-state index is 12.2. The van der Waals surface area contributed by atoms with Gasteiger partial charge in [-0.2, -0.15) is 0 Å². The van der Waals surface area contributed by atoms with Gasteiger partial charge in [-0.1, -0.05) is 42.5 Å². The lowest BCUT2D eigenvalue weighted by atomic mass is 10.1. The Bertz CT molecular complexity index is 781. The zero-order valence-electron chi connectivity index (χ0n) is 14.2. The number of carbonyl (C=O) groups excluding carboxylic acids is 1. The molecule has 2 aromatic carbocycles. The van der Waals surface area contributed by atoms with E-state index in [0.29, 0.717) is 4.90 Å². The summed E-state index contributed by atoms with van der Waals surface area (Å²) in [6.07, 6.45) is 0.221. The molecule has 0 aliphatic carbocycles. The molecular formula is C19H23NO3S. The molecule has 2 rings (SSSR count). The number of sulfone groups is 1. The van der Waals surface area contributed by atoms with E-state index in [1.54, 1.807) is 38.1 Å².